The number of amides is 2. The van der Waals surface area contributed by atoms with Crippen LogP contribution in [0.4, 0.5) is 15.3 Å². The van der Waals surface area contributed by atoms with Crippen LogP contribution < -0.4 is 15.0 Å². The number of nitrogens with zero attached hydrogens (tertiary/aromatic N) is 1. The number of ether oxygens (including phenoxy) is 2. The Balaban J connectivity index is 1.43. The van der Waals surface area contributed by atoms with Gasteiger partial charge in [0.05, 0.1) is 6.54 Å². The van der Waals surface area contributed by atoms with Gasteiger partial charge in [-0.25, -0.2) is 9.59 Å². The predicted octanol–water partition coefficient (Wildman–Crippen LogP) is 3.19. The van der Waals surface area contributed by atoms with Crippen molar-refractivity contribution in [2.75, 3.05) is 18.0 Å². The Hall–Kier alpha value is -3.02. The third-order valence-corrected chi connectivity index (χ3v) is 3.63. The molecule has 0 radical (unpaired) electrons. The van der Waals surface area contributed by atoms with Crippen molar-refractivity contribution in [2.24, 2.45) is 0 Å². The Morgan fingerprint density at radius 3 is 2.50 bits per heavy atom. The lowest BCUT2D eigenvalue weighted by Gasteiger charge is -2.12. The molecule has 0 saturated carbocycles. The summed E-state index contributed by atoms with van der Waals surface area (Å²) in [6, 6.07) is 18.2. The fourth-order valence-electron chi connectivity index (χ4n) is 2.46. The van der Waals surface area contributed by atoms with E-state index in [2.05, 4.69) is 5.32 Å². The summed E-state index contributed by atoms with van der Waals surface area (Å²) < 4.78 is 10.4. The predicted molar refractivity (Wildman–Crippen MR) is 89.1 cm³/mol. The summed E-state index contributed by atoms with van der Waals surface area (Å²) in [5.41, 5.74) is 0.807. The Bertz CT molecular complexity index is 691. The standard InChI is InChI=1S/C18H18N2O4/c21-17(23-15-9-5-2-6-10-15)19-12-11-16-13-20(18(22)24-16)14-7-3-1-4-8-14/h1-10,16H,11-13H2,(H,19,21). The SMILES string of the molecule is O=C(NCCC1CN(c2ccccc2)C(=O)O1)Oc1ccccc1. The summed E-state index contributed by atoms with van der Waals surface area (Å²) in [5, 5.41) is 2.66. The van der Waals surface area contributed by atoms with E-state index in [-0.39, 0.29) is 12.2 Å². The molecule has 1 heterocycles. The quantitative estimate of drug-likeness (QED) is 0.916. The van der Waals surface area contributed by atoms with E-state index in [0.29, 0.717) is 25.3 Å². The van der Waals surface area contributed by atoms with Crippen LogP contribution in [0.25, 0.3) is 0 Å². The third kappa shape index (κ3) is 4.04. The number of nitrogens with one attached hydrogen (secondary N) is 1. The molecule has 1 aliphatic rings. The van der Waals surface area contributed by atoms with Crippen molar-refractivity contribution < 1.29 is 19.1 Å². The van der Waals surface area contributed by atoms with Crippen LogP contribution in [0.5, 0.6) is 5.75 Å². The van der Waals surface area contributed by atoms with Gasteiger partial charge in [0, 0.05) is 18.7 Å². The average Bonchev–Trinajstić information content (AvgIpc) is 2.97. The van der Waals surface area contributed by atoms with Crippen LogP contribution in [0.3, 0.4) is 0 Å². The molecule has 1 atom stereocenters. The summed E-state index contributed by atoms with van der Waals surface area (Å²) >= 11 is 0. The molecule has 1 N–H and O–H groups in total. The fourth-order valence-corrected chi connectivity index (χ4v) is 2.46. The minimum absolute atomic E-state index is 0.255. The van der Waals surface area contributed by atoms with Crippen LogP contribution in [0.15, 0.2) is 60.7 Å². The van der Waals surface area contributed by atoms with E-state index < -0.39 is 6.09 Å². The van der Waals surface area contributed by atoms with E-state index in [1.807, 2.05) is 36.4 Å². The summed E-state index contributed by atoms with van der Waals surface area (Å²) in [4.78, 5) is 25.2. The molecule has 2 amide bonds. The minimum atomic E-state index is -0.523. The zero-order valence-electron chi connectivity index (χ0n) is 13.1. The maximum absolute atomic E-state index is 11.9. The topological polar surface area (TPSA) is 67.9 Å². The molecule has 6 heteroatoms. The minimum Gasteiger partial charge on any atom is -0.444 e. The summed E-state index contributed by atoms with van der Waals surface area (Å²) in [6.45, 7) is 0.838. The number of cyclic esters (lactones) is 1. The van der Waals surface area contributed by atoms with Crippen molar-refractivity contribution in [3.05, 3.63) is 60.7 Å². The van der Waals surface area contributed by atoms with Gasteiger partial charge in [0.2, 0.25) is 0 Å². The zero-order chi connectivity index (χ0) is 16.8. The van der Waals surface area contributed by atoms with Crippen molar-refractivity contribution in [3.8, 4) is 5.75 Å². The van der Waals surface area contributed by atoms with E-state index in [9.17, 15) is 9.59 Å². The van der Waals surface area contributed by atoms with Crippen LogP contribution in [0.2, 0.25) is 0 Å². The van der Waals surface area contributed by atoms with Crippen LogP contribution >= 0.6 is 0 Å². The molecule has 24 heavy (non-hydrogen) atoms. The highest BCUT2D eigenvalue weighted by molar-refractivity contribution is 5.89. The summed E-state index contributed by atoms with van der Waals surface area (Å²) in [5.74, 6) is 0.484. The van der Waals surface area contributed by atoms with Crippen molar-refractivity contribution in [3.63, 3.8) is 0 Å². The van der Waals surface area contributed by atoms with Gasteiger partial charge >= 0.3 is 12.2 Å². The maximum Gasteiger partial charge on any atom is 0.414 e. The number of hydrogen-bond acceptors (Lipinski definition) is 4. The normalized spacial score (nSPS) is 16.6. The Morgan fingerprint density at radius 2 is 1.79 bits per heavy atom. The number of carbonyl (C=O) groups excluding carboxylic acids is 2. The first-order valence-corrected chi connectivity index (χ1v) is 7.76. The van der Waals surface area contributed by atoms with Crippen LogP contribution in [0.1, 0.15) is 6.42 Å². The second-order valence-corrected chi connectivity index (χ2v) is 5.37. The first kappa shape index (κ1) is 15.9. The fraction of sp³-hybridized carbons (Fsp3) is 0.222. The molecule has 1 saturated heterocycles. The molecule has 2 aromatic rings. The lowest BCUT2D eigenvalue weighted by Crippen LogP contribution is -2.31. The molecule has 2 aromatic carbocycles. The van der Waals surface area contributed by atoms with Crippen LogP contribution in [0, 0.1) is 0 Å². The number of rotatable bonds is 5. The van der Waals surface area contributed by atoms with Gasteiger partial charge < -0.3 is 14.8 Å². The number of anilines is 1. The monoisotopic (exact) mass is 326 g/mol. The molecule has 0 aliphatic carbocycles. The Labute approximate surface area is 140 Å². The van der Waals surface area contributed by atoms with Gasteiger partial charge in [-0.2, -0.15) is 0 Å². The molecule has 6 nitrogen and oxygen atoms in total. The van der Waals surface area contributed by atoms with Crippen molar-refractivity contribution in [2.45, 2.75) is 12.5 Å². The first-order valence-electron chi connectivity index (χ1n) is 7.76. The summed E-state index contributed by atoms with van der Waals surface area (Å²) in [6.07, 6.45) is -0.614. The molecule has 1 aliphatic heterocycles. The van der Waals surface area contributed by atoms with Gasteiger partial charge in [-0.15, -0.1) is 0 Å². The molecular weight excluding hydrogens is 308 g/mol. The molecular formula is C18H18N2O4. The lowest BCUT2D eigenvalue weighted by atomic mass is 10.2. The molecule has 0 spiro atoms. The smallest absolute Gasteiger partial charge is 0.414 e. The van der Waals surface area contributed by atoms with Crippen molar-refractivity contribution >= 4 is 17.9 Å². The van der Waals surface area contributed by atoms with E-state index in [1.165, 1.54) is 0 Å². The van der Waals surface area contributed by atoms with Gasteiger partial charge in [-0.05, 0) is 24.3 Å². The van der Waals surface area contributed by atoms with E-state index in [4.69, 9.17) is 9.47 Å². The zero-order valence-corrected chi connectivity index (χ0v) is 13.1. The highest BCUT2D eigenvalue weighted by Gasteiger charge is 2.31. The van der Waals surface area contributed by atoms with Crippen LogP contribution in [-0.4, -0.2) is 31.4 Å². The molecule has 0 aromatic heterocycles. The number of benzene rings is 2. The highest BCUT2D eigenvalue weighted by Crippen LogP contribution is 2.22. The number of para-hydroxylation sites is 2. The molecule has 1 unspecified atom stereocenters. The number of hydrogen-bond donors (Lipinski definition) is 1. The second-order valence-electron chi connectivity index (χ2n) is 5.37. The van der Waals surface area contributed by atoms with Gasteiger partial charge in [0.1, 0.15) is 11.9 Å². The van der Waals surface area contributed by atoms with Gasteiger partial charge in [0.15, 0.2) is 0 Å². The summed E-state index contributed by atoms with van der Waals surface area (Å²) in [7, 11) is 0. The van der Waals surface area contributed by atoms with E-state index >= 15 is 0 Å². The lowest BCUT2D eigenvalue weighted by molar-refractivity contribution is 0.136. The number of carbonyl (C=O) groups is 2. The van der Waals surface area contributed by atoms with Gasteiger partial charge in [-0.1, -0.05) is 36.4 Å². The van der Waals surface area contributed by atoms with Crippen molar-refractivity contribution in [1.82, 2.24) is 5.32 Å². The Kier molecular flexibility index (Phi) is 4.96. The highest BCUT2D eigenvalue weighted by atomic mass is 16.6. The largest absolute Gasteiger partial charge is 0.444 e. The third-order valence-electron chi connectivity index (χ3n) is 3.63. The molecule has 0 bridgehead atoms. The molecule has 3 rings (SSSR count). The Morgan fingerprint density at radius 1 is 1.12 bits per heavy atom. The first-order chi connectivity index (χ1) is 11.7. The van der Waals surface area contributed by atoms with Gasteiger partial charge in [0.25, 0.3) is 0 Å². The van der Waals surface area contributed by atoms with Crippen molar-refractivity contribution in [1.29, 1.82) is 0 Å². The van der Waals surface area contributed by atoms with Gasteiger partial charge in [-0.3, -0.25) is 4.90 Å². The molecule has 124 valence electrons. The average molecular weight is 326 g/mol. The molecule has 1 fully saturated rings. The second kappa shape index (κ2) is 7.50. The van der Waals surface area contributed by atoms with E-state index in [1.54, 1.807) is 29.2 Å². The van der Waals surface area contributed by atoms with E-state index in [0.717, 1.165) is 5.69 Å². The maximum atomic E-state index is 11.9. The van der Waals surface area contributed by atoms with Crippen LogP contribution in [-0.2, 0) is 4.74 Å².